The SMILES string of the molecule is O=C(O)c1cncnc1NCC#CCO. The van der Waals surface area contributed by atoms with Crippen LogP contribution >= 0.6 is 0 Å². The summed E-state index contributed by atoms with van der Waals surface area (Å²) in [4.78, 5) is 18.1. The molecule has 0 radical (unpaired) electrons. The van der Waals surface area contributed by atoms with Crippen molar-refractivity contribution in [2.24, 2.45) is 0 Å². The molecule has 0 bridgehead atoms. The first-order valence-corrected chi connectivity index (χ1v) is 4.09. The number of hydrogen-bond donors (Lipinski definition) is 3. The van der Waals surface area contributed by atoms with Gasteiger partial charge in [0.25, 0.3) is 0 Å². The van der Waals surface area contributed by atoms with E-state index in [0.29, 0.717) is 0 Å². The molecule has 6 heteroatoms. The molecular weight excluding hydrogens is 198 g/mol. The summed E-state index contributed by atoms with van der Waals surface area (Å²) in [6.45, 7) is -0.00487. The van der Waals surface area contributed by atoms with Crippen molar-refractivity contribution in [2.75, 3.05) is 18.5 Å². The smallest absolute Gasteiger partial charge is 0.341 e. The van der Waals surface area contributed by atoms with Crippen molar-refractivity contribution in [3.63, 3.8) is 0 Å². The van der Waals surface area contributed by atoms with Crippen LogP contribution in [0.2, 0.25) is 0 Å². The number of nitrogens with one attached hydrogen (secondary N) is 1. The highest BCUT2D eigenvalue weighted by Gasteiger charge is 2.09. The Morgan fingerprint density at radius 1 is 1.53 bits per heavy atom. The van der Waals surface area contributed by atoms with Gasteiger partial charge < -0.3 is 15.5 Å². The summed E-state index contributed by atoms with van der Waals surface area (Å²) >= 11 is 0. The van der Waals surface area contributed by atoms with Crippen molar-refractivity contribution in [3.8, 4) is 11.8 Å². The molecule has 1 aromatic heterocycles. The second-order valence-corrected chi connectivity index (χ2v) is 2.46. The number of aromatic carboxylic acids is 1. The van der Waals surface area contributed by atoms with Crippen LogP contribution in [0, 0.1) is 11.8 Å². The molecule has 1 heterocycles. The molecule has 1 rings (SSSR count). The van der Waals surface area contributed by atoms with Crippen LogP contribution in [-0.4, -0.2) is 39.3 Å². The Kier molecular flexibility index (Phi) is 4.06. The quantitative estimate of drug-likeness (QED) is 0.583. The number of carboxylic acids is 1. The number of aliphatic hydroxyl groups is 1. The van der Waals surface area contributed by atoms with Gasteiger partial charge in [0.1, 0.15) is 24.3 Å². The first-order valence-electron chi connectivity index (χ1n) is 4.09. The van der Waals surface area contributed by atoms with Crippen LogP contribution in [0.3, 0.4) is 0 Å². The lowest BCUT2D eigenvalue weighted by Crippen LogP contribution is -2.09. The van der Waals surface area contributed by atoms with Crippen LogP contribution in [0.4, 0.5) is 5.82 Å². The van der Waals surface area contributed by atoms with Crippen molar-refractivity contribution >= 4 is 11.8 Å². The normalized spacial score (nSPS) is 8.87. The van der Waals surface area contributed by atoms with Crippen molar-refractivity contribution in [1.29, 1.82) is 0 Å². The highest BCUT2D eigenvalue weighted by molar-refractivity contribution is 5.92. The third-order valence-electron chi connectivity index (χ3n) is 1.49. The molecule has 0 unspecified atom stereocenters. The molecule has 6 nitrogen and oxygen atoms in total. The second kappa shape index (κ2) is 5.57. The lowest BCUT2D eigenvalue weighted by Gasteiger charge is -2.03. The zero-order valence-electron chi connectivity index (χ0n) is 7.77. The monoisotopic (exact) mass is 207 g/mol. The summed E-state index contributed by atoms with van der Waals surface area (Å²) in [6, 6.07) is 0. The Hall–Kier alpha value is -2.13. The molecule has 0 fully saturated rings. The zero-order valence-corrected chi connectivity index (χ0v) is 7.77. The van der Waals surface area contributed by atoms with Crippen molar-refractivity contribution in [2.45, 2.75) is 0 Å². The minimum atomic E-state index is -1.10. The molecular formula is C9H9N3O3. The van der Waals surface area contributed by atoms with Crippen LogP contribution in [0.5, 0.6) is 0 Å². The van der Waals surface area contributed by atoms with Crippen molar-refractivity contribution < 1.29 is 15.0 Å². The molecule has 0 aliphatic heterocycles. The fourth-order valence-electron chi connectivity index (χ4n) is 0.873. The molecule has 0 amide bonds. The Bertz CT molecular complexity index is 409. The van der Waals surface area contributed by atoms with Gasteiger partial charge in [0.2, 0.25) is 0 Å². The highest BCUT2D eigenvalue weighted by Crippen LogP contribution is 2.08. The average molecular weight is 207 g/mol. The number of rotatable bonds is 3. The fraction of sp³-hybridized carbons (Fsp3) is 0.222. The Balaban J connectivity index is 2.72. The summed E-state index contributed by atoms with van der Waals surface area (Å²) in [5, 5.41) is 19.9. The average Bonchev–Trinajstić information content (AvgIpc) is 2.25. The number of anilines is 1. The molecule has 0 saturated carbocycles. The molecule has 1 aromatic rings. The van der Waals surface area contributed by atoms with E-state index in [-0.39, 0.29) is 24.5 Å². The molecule has 0 aliphatic rings. The number of aromatic nitrogens is 2. The minimum absolute atomic E-state index is 0.0108. The number of carbonyl (C=O) groups is 1. The number of aliphatic hydroxyl groups excluding tert-OH is 1. The summed E-state index contributed by atoms with van der Waals surface area (Å²) in [6.07, 6.45) is 2.45. The van der Waals surface area contributed by atoms with E-state index in [4.69, 9.17) is 10.2 Å². The summed E-state index contributed by atoms with van der Waals surface area (Å²) in [5.74, 6) is 4.11. The Labute approximate surface area is 86.0 Å². The van der Waals surface area contributed by atoms with Crippen LogP contribution in [0.15, 0.2) is 12.5 Å². The maximum Gasteiger partial charge on any atom is 0.341 e. The fourth-order valence-corrected chi connectivity index (χ4v) is 0.873. The first-order chi connectivity index (χ1) is 7.25. The predicted molar refractivity (Wildman–Crippen MR) is 52.3 cm³/mol. The largest absolute Gasteiger partial charge is 0.477 e. The van der Waals surface area contributed by atoms with Gasteiger partial charge in [-0.25, -0.2) is 14.8 Å². The standard InChI is InChI=1S/C9H9N3O3/c13-4-2-1-3-11-8-7(9(14)15)5-10-6-12-8/h5-6,13H,3-4H2,(H,14,15)(H,10,11,12). The Morgan fingerprint density at radius 2 is 2.33 bits per heavy atom. The van der Waals surface area contributed by atoms with E-state index >= 15 is 0 Å². The van der Waals surface area contributed by atoms with Crippen LogP contribution in [-0.2, 0) is 0 Å². The third-order valence-corrected chi connectivity index (χ3v) is 1.49. The van der Waals surface area contributed by atoms with Crippen molar-refractivity contribution in [3.05, 3.63) is 18.1 Å². The van der Waals surface area contributed by atoms with Gasteiger partial charge in [0.15, 0.2) is 0 Å². The molecule has 3 N–H and O–H groups in total. The van der Waals surface area contributed by atoms with Gasteiger partial charge in [0, 0.05) is 6.20 Å². The zero-order chi connectivity index (χ0) is 11.1. The predicted octanol–water partition coefficient (Wildman–Crippen LogP) is -0.418. The van der Waals surface area contributed by atoms with Gasteiger partial charge in [-0.1, -0.05) is 11.8 Å². The highest BCUT2D eigenvalue weighted by atomic mass is 16.4. The van der Waals surface area contributed by atoms with Gasteiger partial charge in [-0.05, 0) is 0 Å². The van der Waals surface area contributed by atoms with Gasteiger partial charge in [-0.3, -0.25) is 0 Å². The Morgan fingerprint density at radius 3 is 3.00 bits per heavy atom. The first kappa shape index (κ1) is 10.9. The van der Waals surface area contributed by atoms with E-state index in [1.165, 1.54) is 12.5 Å². The molecule has 0 saturated heterocycles. The minimum Gasteiger partial charge on any atom is -0.477 e. The van der Waals surface area contributed by atoms with Crippen LogP contribution in [0.25, 0.3) is 0 Å². The summed E-state index contributed by atoms with van der Waals surface area (Å²) in [7, 11) is 0. The molecule has 78 valence electrons. The third kappa shape index (κ3) is 3.25. The van der Waals surface area contributed by atoms with Gasteiger partial charge >= 0.3 is 5.97 Å². The summed E-state index contributed by atoms with van der Waals surface area (Å²) in [5.41, 5.74) is -0.0108. The molecule has 0 spiro atoms. The van der Waals surface area contributed by atoms with Gasteiger partial charge in [0.05, 0.1) is 6.54 Å². The molecule has 0 atom stereocenters. The molecule has 0 aliphatic carbocycles. The topological polar surface area (TPSA) is 95.3 Å². The van der Waals surface area contributed by atoms with E-state index in [1.54, 1.807) is 0 Å². The lowest BCUT2D eigenvalue weighted by atomic mass is 10.3. The van der Waals surface area contributed by atoms with Gasteiger partial charge in [-0.2, -0.15) is 0 Å². The maximum atomic E-state index is 10.7. The maximum absolute atomic E-state index is 10.7. The molecule has 15 heavy (non-hydrogen) atoms. The van der Waals surface area contributed by atoms with E-state index in [1.807, 2.05) is 0 Å². The number of nitrogens with zero attached hydrogens (tertiary/aromatic N) is 2. The van der Waals surface area contributed by atoms with E-state index in [0.717, 1.165) is 0 Å². The van der Waals surface area contributed by atoms with E-state index in [9.17, 15) is 4.79 Å². The van der Waals surface area contributed by atoms with Crippen molar-refractivity contribution in [1.82, 2.24) is 9.97 Å². The lowest BCUT2D eigenvalue weighted by molar-refractivity contribution is 0.0697. The number of carboxylic acid groups (broad SMARTS) is 1. The van der Waals surface area contributed by atoms with Gasteiger partial charge in [-0.15, -0.1) is 0 Å². The van der Waals surface area contributed by atoms with Crippen LogP contribution < -0.4 is 5.32 Å². The second-order valence-electron chi connectivity index (χ2n) is 2.46. The molecule has 0 aromatic carbocycles. The van der Waals surface area contributed by atoms with Crippen LogP contribution in [0.1, 0.15) is 10.4 Å². The number of hydrogen-bond acceptors (Lipinski definition) is 5. The summed E-state index contributed by atoms with van der Waals surface area (Å²) < 4.78 is 0. The van der Waals surface area contributed by atoms with E-state index in [2.05, 4.69) is 27.1 Å². The van der Waals surface area contributed by atoms with E-state index < -0.39 is 5.97 Å².